The molecule has 22 heavy (non-hydrogen) atoms. The van der Waals surface area contributed by atoms with E-state index in [4.69, 9.17) is 0 Å². The molecule has 114 valence electrons. The first-order valence-corrected chi connectivity index (χ1v) is 7.59. The topological polar surface area (TPSA) is 76.9 Å². The first-order valence-electron chi connectivity index (χ1n) is 6.71. The van der Waals surface area contributed by atoms with Crippen molar-refractivity contribution in [3.63, 3.8) is 0 Å². The minimum atomic E-state index is -0.394. The van der Waals surface area contributed by atoms with E-state index in [-0.39, 0.29) is 17.6 Å². The van der Waals surface area contributed by atoms with Crippen molar-refractivity contribution in [1.82, 2.24) is 20.1 Å². The normalized spacial score (nSPS) is 18.4. The molecular formula is C14H13FN4O2S. The first kappa shape index (κ1) is 14.7. The number of aromatic nitrogens is 3. The summed E-state index contributed by atoms with van der Waals surface area (Å²) in [4.78, 5) is 22.9. The lowest BCUT2D eigenvalue weighted by atomic mass is 10.1. The first-order chi connectivity index (χ1) is 10.6. The molecule has 6 nitrogen and oxygen atoms in total. The Hall–Kier alpha value is -2.22. The summed E-state index contributed by atoms with van der Waals surface area (Å²) in [6, 6.07) is 6.31. The third-order valence-electron chi connectivity index (χ3n) is 3.39. The number of nitrogens with zero attached hydrogens (tertiary/aromatic N) is 3. The minimum Gasteiger partial charge on any atom is -0.305 e. The summed E-state index contributed by atoms with van der Waals surface area (Å²) >= 11 is 1.23. The second kappa shape index (κ2) is 5.88. The summed E-state index contributed by atoms with van der Waals surface area (Å²) in [5.74, 6) is -0.563. The fraction of sp³-hybridized carbons (Fsp3) is 0.286. The maximum Gasteiger partial charge on any atom is 0.240 e. The fourth-order valence-electron chi connectivity index (χ4n) is 2.21. The summed E-state index contributed by atoms with van der Waals surface area (Å²) < 4.78 is 15.5. The molecule has 1 aliphatic heterocycles. The van der Waals surface area contributed by atoms with Gasteiger partial charge in [-0.1, -0.05) is 23.9 Å². The van der Waals surface area contributed by atoms with E-state index >= 15 is 0 Å². The van der Waals surface area contributed by atoms with Gasteiger partial charge in [-0.05, 0) is 18.6 Å². The van der Waals surface area contributed by atoms with Crippen LogP contribution in [0.4, 0.5) is 4.39 Å². The molecule has 2 heterocycles. The molecule has 1 unspecified atom stereocenters. The van der Waals surface area contributed by atoms with Crippen LogP contribution in [-0.4, -0.2) is 31.8 Å². The van der Waals surface area contributed by atoms with Crippen LogP contribution in [0, 0.1) is 5.82 Å². The molecule has 0 radical (unpaired) electrons. The van der Waals surface area contributed by atoms with Gasteiger partial charge in [-0.15, -0.1) is 10.2 Å². The summed E-state index contributed by atoms with van der Waals surface area (Å²) in [5, 5.41) is 10.4. The van der Waals surface area contributed by atoms with Crippen molar-refractivity contribution >= 4 is 23.6 Å². The van der Waals surface area contributed by atoms with E-state index in [1.54, 1.807) is 29.8 Å². The van der Waals surface area contributed by atoms with Crippen molar-refractivity contribution in [2.24, 2.45) is 7.05 Å². The largest absolute Gasteiger partial charge is 0.305 e. The van der Waals surface area contributed by atoms with Gasteiger partial charge in [-0.3, -0.25) is 14.9 Å². The predicted molar refractivity (Wildman–Crippen MR) is 78.4 cm³/mol. The van der Waals surface area contributed by atoms with Crippen LogP contribution in [0.15, 0.2) is 29.4 Å². The smallest absolute Gasteiger partial charge is 0.240 e. The van der Waals surface area contributed by atoms with Crippen LogP contribution in [0.1, 0.15) is 12.8 Å². The number of imide groups is 1. The van der Waals surface area contributed by atoms with Crippen LogP contribution >= 0.6 is 11.8 Å². The molecule has 0 spiro atoms. The molecule has 1 atom stereocenters. The van der Waals surface area contributed by atoms with Gasteiger partial charge >= 0.3 is 0 Å². The lowest BCUT2D eigenvalue weighted by Crippen LogP contribution is -2.42. The highest BCUT2D eigenvalue weighted by Gasteiger charge is 2.29. The second-order valence-electron chi connectivity index (χ2n) is 4.90. The Morgan fingerprint density at radius 1 is 1.32 bits per heavy atom. The Balaban J connectivity index is 1.84. The third kappa shape index (κ3) is 2.74. The minimum absolute atomic E-state index is 0.258. The number of carbonyl (C=O) groups is 2. The number of amides is 2. The standard InChI is InChI=1S/C14H13FN4O2S/c1-19-12(8-4-2-3-5-9(8)15)17-18-14(19)22-10-6-7-11(20)16-13(10)21/h2-5,10H,6-7H2,1H3,(H,16,20,21). The molecule has 2 aromatic rings. The Kier molecular flexibility index (Phi) is 3.93. The average Bonchev–Trinajstić information content (AvgIpc) is 2.84. The van der Waals surface area contributed by atoms with Gasteiger partial charge in [0.05, 0.1) is 10.8 Å². The lowest BCUT2D eigenvalue weighted by Gasteiger charge is -2.19. The van der Waals surface area contributed by atoms with E-state index < -0.39 is 5.25 Å². The third-order valence-corrected chi connectivity index (χ3v) is 4.69. The van der Waals surface area contributed by atoms with E-state index in [2.05, 4.69) is 15.5 Å². The van der Waals surface area contributed by atoms with Gasteiger partial charge in [0.25, 0.3) is 0 Å². The van der Waals surface area contributed by atoms with E-state index in [1.807, 2.05) is 0 Å². The Morgan fingerprint density at radius 3 is 2.82 bits per heavy atom. The van der Waals surface area contributed by atoms with Crippen LogP contribution in [0.5, 0.6) is 0 Å². The molecule has 0 bridgehead atoms. The molecule has 1 fully saturated rings. The number of rotatable bonds is 3. The van der Waals surface area contributed by atoms with Crippen molar-refractivity contribution in [3.05, 3.63) is 30.1 Å². The monoisotopic (exact) mass is 320 g/mol. The average molecular weight is 320 g/mol. The predicted octanol–water partition coefficient (Wildman–Crippen LogP) is 1.52. The van der Waals surface area contributed by atoms with Gasteiger partial charge in [-0.2, -0.15) is 0 Å². The number of thioether (sulfide) groups is 1. The maximum absolute atomic E-state index is 13.8. The summed E-state index contributed by atoms with van der Waals surface area (Å²) in [6.07, 6.45) is 0.763. The lowest BCUT2D eigenvalue weighted by molar-refractivity contribution is -0.132. The van der Waals surface area contributed by atoms with Crippen molar-refractivity contribution in [3.8, 4) is 11.4 Å². The molecule has 1 saturated heterocycles. The maximum atomic E-state index is 13.8. The number of hydrogen-bond acceptors (Lipinski definition) is 5. The van der Waals surface area contributed by atoms with Gasteiger partial charge in [-0.25, -0.2) is 4.39 Å². The SMILES string of the molecule is Cn1c(SC2CCC(=O)NC2=O)nnc1-c1ccccc1F. The van der Waals surface area contributed by atoms with Crippen LogP contribution in [-0.2, 0) is 16.6 Å². The summed E-state index contributed by atoms with van der Waals surface area (Å²) in [6.45, 7) is 0. The number of nitrogens with one attached hydrogen (secondary N) is 1. The molecule has 3 rings (SSSR count). The highest BCUT2D eigenvalue weighted by molar-refractivity contribution is 8.00. The molecule has 1 aromatic carbocycles. The molecule has 0 aliphatic carbocycles. The molecule has 0 saturated carbocycles. The Bertz CT molecular complexity index is 746. The Morgan fingerprint density at radius 2 is 2.09 bits per heavy atom. The van der Waals surface area contributed by atoms with Crippen molar-refractivity contribution in [2.45, 2.75) is 23.2 Å². The number of hydrogen-bond donors (Lipinski definition) is 1. The van der Waals surface area contributed by atoms with Gasteiger partial charge in [0, 0.05) is 13.5 Å². The molecule has 1 aliphatic rings. The van der Waals surface area contributed by atoms with Crippen LogP contribution in [0.3, 0.4) is 0 Å². The molecule has 1 aromatic heterocycles. The van der Waals surface area contributed by atoms with Gasteiger partial charge in [0.15, 0.2) is 11.0 Å². The highest BCUT2D eigenvalue weighted by atomic mass is 32.2. The molecule has 2 amide bonds. The van der Waals surface area contributed by atoms with Gasteiger partial charge < -0.3 is 4.57 Å². The molecule has 1 N–H and O–H groups in total. The summed E-state index contributed by atoms with van der Waals surface area (Å²) in [5.41, 5.74) is 0.354. The van der Waals surface area contributed by atoms with Crippen molar-refractivity contribution in [2.75, 3.05) is 0 Å². The molecule has 8 heteroatoms. The van der Waals surface area contributed by atoms with Crippen LogP contribution in [0.2, 0.25) is 0 Å². The zero-order valence-corrected chi connectivity index (χ0v) is 12.6. The number of benzene rings is 1. The summed E-state index contributed by atoms with van der Waals surface area (Å²) in [7, 11) is 1.72. The zero-order chi connectivity index (χ0) is 15.7. The van der Waals surface area contributed by atoms with E-state index in [9.17, 15) is 14.0 Å². The van der Waals surface area contributed by atoms with E-state index in [1.165, 1.54) is 17.8 Å². The van der Waals surface area contributed by atoms with E-state index in [0.717, 1.165) is 0 Å². The second-order valence-corrected chi connectivity index (χ2v) is 6.07. The van der Waals surface area contributed by atoms with Crippen molar-refractivity contribution in [1.29, 1.82) is 0 Å². The van der Waals surface area contributed by atoms with Gasteiger partial charge in [0.2, 0.25) is 11.8 Å². The van der Waals surface area contributed by atoms with Gasteiger partial charge in [0.1, 0.15) is 5.82 Å². The van der Waals surface area contributed by atoms with Crippen LogP contribution in [0.25, 0.3) is 11.4 Å². The quantitative estimate of drug-likeness (QED) is 0.868. The Labute approximate surface area is 130 Å². The fourth-order valence-corrected chi connectivity index (χ4v) is 3.20. The number of halogens is 1. The highest BCUT2D eigenvalue weighted by Crippen LogP contribution is 2.29. The van der Waals surface area contributed by atoms with Crippen molar-refractivity contribution < 1.29 is 14.0 Å². The number of piperidine rings is 1. The van der Waals surface area contributed by atoms with Crippen LogP contribution < -0.4 is 5.32 Å². The van der Waals surface area contributed by atoms with E-state index in [0.29, 0.717) is 29.4 Å². The zero-order valence-electron chi connectivity index (χ0n) is 11.7. The molecular weight excluding hydrogens is 307 g/mol. The number of carbonyl (C=O) groups excluding carboxylic acids is 2.